The summed E-state index contributed by atoms with van der Waals surface area (Å²) in [4.78, 5) is 1.08. The lowest BCUT2D eigenvalue weighted by molar-refractivity contribution is 0.324. The Morgan fingerprint density at radius 2 is 1.59 bits per heavy atom. The first kappa shape index (κ1) is 19.5. The number of fused-ring (bicyclic) bond motifs is 1. The molecule has 5 nitrogen and oxygen atoms in total. The third-order valence-corrected chi connectivity index (χ3v) is 6.61. The van der Waals surface area contributed by atoms with Gasteiger partial charge in [-0.25, -0.2) is 0 Å². The fraction of sp³-hybridized carbons (Fsp3) is 0.304. The minimum absolute atomic E-state index is 0.589. The molecule has 0 bridgehead atoms. The molecule has 0 unspecified atom stereocenters. The SMILES string of the molecule is COc1ccc2c(N)c(C(=C3CCC3)c3cc(OC)c(OC)c(OC)c3)sc2c1. The largest absolute Gasteiger partial charge is 0.497 e. The molecule has 1 heterocycles. The van der Waals surface area contributed by atoms with Crippen molar-refractivity contribution >= 4 is 32.7 Å². The van der Waals surface area contributed by atoms with E-state index in [2.05, 4.69) is 0 Å². The summed E-state index contributed by atoms with van der Waals surface area (Å²) in [6, 6.07) is 10.0. The Kier molecular flexibility index (Phi) is 5.28. The number of hydrogen-bond acceptors (Lipinski definition) is 6. The molecular formula is C23H25NO4S. The van der Waals surface area contributed by atoms with E-state index in [9.17, 15) is 0 Å². The third-order valence-electron chi connectivity index (χ3n) is 5.43. The number of anilines is 1. The number of methoxy groups -OCH3 is 4. The van der Waals surface area contributed by atoms with Gasteiger partial charge < -0.3 is 24.7 Å². The Labute approximate surface area is 174 Å². The molecule has 1 fully saturated rings. The average molecular weight is 412 g/mol. The van der Waals surface area contributed by atoms with Crippen LogP contribution in [-0.4, -0.2) is 28.4 Å². The van der Waals surface area contributed by atoms with E-state index < -0.39 is 0 Å². The molecule has 0 radical (unpaired) electrons. The Bertz CT molecular complexity index is 1070. The van der Waals surface area contributed by atoms with Crippen LogP contribution in [0.5, 0.6) is 23.0 Å². The number of nitrogen functional groups attached to an aromatic ring is 1. The summed E-state index contributed by atoms with van der Waals surface area (Å²) in [7, 11) is 6.56. The maximum Gasteiger partial charge on any atom is 0.203 e. The van der Waals surface area contributed by atoms with E-state index in [0.717, 1.165) is 44.8 Å². The van der Waals surface area contributed by atoms with Crippen LogP contribution in [0.1, 0.15) is 29.7 Å². The van der Waals surface area contributed by atoms with Crippen molar-refractivity contribution in [3.8, 4) is 23.0 Å². The number of ether oxygens (including phenoxy) is 4. The minimum atomic E-state index is 0.589. The lowest BCUT2D eigenvalue weighted by atomic mass is 9.84. The first-order chi connectivity index (χ1) is 14.1. The van der Waals surface area contributed by atoms with Gasteiger partial charge in [-0.3, -0.25) is 0 Å². The van der Waals surface area contributed by atoms with Crippen LogP contribution >= 0.6 is 11.3 Å². The summed E-state index contributed by atoms with van der Waals surface area (Å²) in [6.07, 6.45) is 3.34. The zero-order valence-electron chi connectivity index (χ0n) is 17.1. The van der Waals surface area contributed by atoms with Gasteiger partial charge in [-0.05, 0) is 55.2 Å². The zero-order chi connectivity index (χ0) is 20.5. The summed E-state index contributed by atoms with van der Waals surface area (Å²) < 4.78 is 23.2. The molecular weight excluding hydrogens is 386 g/mol. The summed E-state index contributed by atoms with van der Waals surface area (Å²) in [6.45, 7) is 0. The summed E-state index contributed by atoms with van der Waals surface area (Å²) in [5.41, 5.74) is 11.0. The number of allylic oxidation sites excluding steroid dienone is 1. The number of rotatable bonds is 6. The van der Waals surface area contributed by atoms with Gasteiger partial charge in [-0.1, -0.05) is 5.57 Å². The van der Waals surface area contributed by atoms with Gasteiger partial charge in [0.2, 0.25) is 5.75 Å². The first-order valence-corrected chi connectivity index (χ1v) is 10.3. The molecule has 1 aromatic heterocycles. The molecule has 0 amide bonds. The lowest BCUT2D eigenvalue weighted by Crippen LogP contribution is -2.05. The van der Waals surface area contributed by atoms with Crippen LogP contribution < -0.4 is 24.7 Å². The minimum Gasteiger partial charge on any atom is -0.497 e. The van der Waals surface area contributed by atoms with Gasteiger partial charge in [-0.2, -0.15) is 0 Å². The molecule has 1 aliphatic rings. The van der Waals surface area contributed by atoms with Gasteiger partial charge in [0.05, 0.1) is 39.0 Å². The van der Waals surface area contributed by atoms with Crippen molar-refractivity contribution in [2.75, 3.05) is 34.2 Å². The highest BCUT2D eigenvalue weighted by atomic mass is 32.1. The highest BCUT2D eigenvalue weighted by molar-refractivity contribution is 7.20. The molecule has 2 aromatic carbocycles. The smallest absolute Gasteiger partial charge is 0.203 e. The second kappa shape index (κ2) is 7.87. The molecule has 29 heavy (non-hydrogen) atoms. The Balaban J connectivity index is 1.94. The molecule has 0 atom stereocenters. The van der Waals surface area contributed by atoms with Gasteiger partial charge in [-0.15, -0.1) is 11.3 Å². The predicted octanol–water partition coefficient (Wildman–Crippen LogP) is 5.50. The predicted molar refractivity (Wildman–Crippen MR) is 119 cm³/mol. The van der Waals surface area contributed by atoms with Crippen LogP contribution in [0.25, 0.3) is 15.7 Å². The van der Waals surface area contributed by atoms with E-state index in [4.69, 9.17) is 24.7 Å². The van der Waals surface area contributed by atoms with E-state index in [0.29, 0.717) is 17.2 Å². The van der Waals surface area contributed by atoms with Crippen molar-refractivity contribution < 1.29 is 18.9 Å². The van der Waals surface area contributed by atoms with Crippen molar-refractivity contribution in [1.82, 2.24) is 0 Å². The van der Waals surface area contributed by atoms with Gasteiger partial charge in [0, 0.05) is 15.7 Å². The standard InChI is InChI=1S/C23H25NO4S/c1-25-15-8-9-16-19(12-15)29-23(21(16)24)20(13-6-5-7-13)14-10-17(26-2)22(28-4)18(11-14)27-3/h8-12H,5-7,24H2,1-4H3. The van der Waals surface area contributed by atoms with E-state index in [1.165, 1.54) is 17.6 Å². The van der Waals surface area contributed by atoms with Gasteiger partial charge in [0.1, 0.15) is 5.75 Å². The van der Waals surface area contributed by atoms with Gasteiger partial charge in [0.15, 0.2) is 11.5 Å². The van der Waals surface area contributed by atoms with Gasteiger partial charge >= 0.3 is 0 Å². The van der Waals surface area contributed by atoms with Crippen LogP contribution in [-0.2, 0) is 0 Å². The van der Waals surface area contributed by atoms with E-state index >= 15 is 0 Å². The topological polar surface area (TPSA) is 62.9 Å². The zero-order valence-corrected chi connectivity index (χ0v) is 17.9. The monoisotopic (exact) mass is 411 g/mol. The van der Waals surface area contributed by atoms with Crippen molar-refractivity contribution in [2.24, 2.45) is 0 Å². The molecule has 0 aliphatic heterocycles. The van der Waals surface area contributed by atoms with Crippen LogP contribution in [0.4, 0.5) is 5.69 Å². The van der Waals surface area contributed by atoms with Gasteiger partial charge in [0.25, 0.3) is 0 Å². The number of hydrogen-bond donors (Lipinski definition) is 1. The molecule has 6 heteroatoms. The molecule has 152 valence electrons. The number of nitrogens with two attached hydrogens (primary N) is 1. The molecule has 2 N–H and O–H groups in total. The van der Waals surface area contributed by atoms with E-state index in [1.807, 2.05) is 30.3 Å². The third kappa shape index (κ3) is 3.27. The van der Waals surface area contributed by atoms with E-state index in [-0.39, 0.29) is 0 Å². The normalized spacial score (nSPS) is 13.2. The Hall–Kier alpha value is -2.86. The fourth-order valence-corrected chi connectivity index (χ4v) is 5.00. The van der Waals surface area contributed by atoms with Crippen molar-refractivity contribution in [1.29, 1.82) is 0 Å². The van der Waals surface area contributed by atoms with Crippen molar-refractivity contribution in [3.05, 3.63) is 46.3 Å². The van der Waals surface area contributed by atoms with Crippen molar-refractivity contribution in [3.63, 3.8) is 0 Å². The lowest BCUT2D eigenvalue weighted by Gasteiger charge is -2.23. The molecule has 1 aliphatic carbocycles. The first-order valence-electron chi connectivity index (χ1n) is 9.50. The quantitative estimate of drug-likeness (QED) is 0.580. The molecule has 0 saturated heterocycles. The van der Waals surface area contributed by atoms with Crippen LogP contribution in [0.2, 0.25) is 0 Å². The molecule has 4 rings (SSSR count). The fourth-order valence-electron chi connectivity index (χ4n) is 3.73. The summed E-state index contributed by atoms with van der Waals surface area (Å²) in [5.74, 6) is 2.70. The maximum atomic E-state index is 6.63. The number of benzene rings is 2. The molecule has 0 spiro atoms. The second-order valence-corrected chi connectivity index (χ2v) is 8.01. The Morgan fingerprint density at radius 1 is 0.897 bits per heavy atom. The summed E-state index contributed by atoms with van der Waals surface area (Å²) in [5, 5.41) is 1.05. The molecule has 1 saturated carbocycles. The van der Waals surface area contributed by atoms with Crippen LogP contribution in [0.15, 0.2) is 35.9 Å². The average Bonchev–Trinajstić information content (AvgIpc) is 3.04. The highest BCUT2D eigenvalue weighted by Crippen LogP contribution is 2.49. The van der Waals surface area contributed by atoms with Crippen LogP contribution in [0.3, 0.4) is 0 Å². The number of thiophene rings is 1. The summed E-state index contributed by atoms with van der Waals surface area (Å²) >= 11 is 1.70. The highest BCUT2D eigenvalue weighted by Gasteiger charge is 2.25. The molecule has 3 aromatic rings. The Morgan fingerprint density at radius 3 is 2.10 bits per heavy atom. The second-order valence-electron chi connectivity index (χ2n) is 6.95. The maximum absolute atomic E-state index is 6.63. The van der Waals surface area contributed by atoms with Crippen LogP contribution in [0, 0.1) is 0 Å². The van der Waals surface area contributed by atoms with E-state index in [1.54, 1.807) is 39.8 Å². The van der Waals surface area contributed by atoms with Crippen molar-refractivity contribution in [2.45, 2.75) is 19.3 Å².